The van der Waals surface area contributed by atoms with E-state index in [1.807, 2.05) is 18.7 Å². The summed E-state index contributed by atoms with van der Waals surface area (Å²) < 4.78 is 28.2. The lowest BCUT2D eigenvalue weighted by molar-refractivity contribution is 0.0940. The highest BCUT2D eigenvalue weighted by Gasteiger charge is 2.30. The standard InChI is InChI=1S/C21H25F2N7O/c1-12(3-5-16-6-4-14(22)10-25-16)26-21(31)18-19(24)28-30-8-7-17(27-20(18)30)29-11-15(23)9-13(29)2/h4,6-8,10,12-13,15H,3,5,9,11H2,1-2H3,(H2,24,28)(H,26,31). The molecular formula is C21H25F2N7O. The monoisotopic (exact) mass is 429 g/mol. The Bertz CT molecular complexity index is 1090. The largest absolute Gasteiger partial charge is 0.381 e. The van der Waals surface area contributed by atoms with E-state index in [1.54, 1.807) is 18.3 Å². The fourth-order valence-electron chi connectivity index (χ4n) is 3.89. The van der Waals surface area contributed by atoms with Crippen molar-refractivity contribution in [2.45, 2.75) is 51.4 Å². The first-order valence-corrected chi connectivity index (χ1v) is 10.3. The summed E-state index contributed by atoms with van der Waals surface area (Å²) in [5.41, 5.74) is 7.28. The molecule has 1 fully saturated rings. The van der Waals surface area contributed by atoms with Gasteiger partial charge in [0.1, 0.15) is 23.4 Å². The number of anilines is 2. The molecule has 0 spiro atoms. The van der Waals surface area contributed by atoms with Gasteiger partial charge in [0.05, 0.1) is 12.7 Å². The number of hydrogen-bond acceptors (Lipinski definition) is 6. The van der Waals surface area contributed by atoms with Gasteiger partial charge in [0, 0.05) is 30.4 Å². The highest BCUT2D eigenvalue weighted by Crippen LogP contribution is 2.27. The number of amides is 1. The van der Waals surface area contributed by atoms with Crippen LogP contribution in [0.15, 0.2) is 30.6 Å². The Labute approximate surface area is 178 Å². The van der Waals surface area contributed by atoms with Gasteiger partial charge in [-0.25, -0.2) is 18.3 Å². The lowest BCUT2D eigenvalue weighted by atomic mass is 10.1. The molecule has 3 unspecified atom stereocenters. The molecule has 164 valence electrons. The molecular weight excluding hydrogens is 404 g/mol. The first-order valence-electron chi connectivity index (χ1n) is 10.3. The third-order valence-electron chi connectivity index (χ3n) is 5.54. The van der Waals surface area contributed by atoms with Crippen LogP contribution in [-0.2, 0) is 6.42 Å². The molecule has 0 bridgehead atoms. The van der Waals surface area contributed by atoms with Crippen LogP contribution >= 0.6 is 0 Å². The zero-order valence-corrected chi connectivity index (χ0v) is 17.4. The zero-order valence-electron chi connectivity index (χ0n) is 17.4. The summed E-state index contributed by atoms with van der Waals surface area (Å²) in [6.45, 7) is 4.08. The molecule has 1 aliphatic rings. The Hall–Kier alpha value is -3.30. The fourth-order valence-corrected chi connectivity index (χ4v) is 3.89. The van der Waals surface area contributed by atoms with Crippen LogP contribution in [0, 0.1) is 5.82 Å². The molecule has 3 N–H and O–H groups in total. The van der Waals surface area contributed by atoms with E-state index in [1.165, 1.54) is 16.8 Å². The highest BCUT2D eigenvalue weighted by atomic mass is 19.1. The van der Waals surface area contributed by atoms with Crippen molar-refractivity contribution < 1.29 is 13.6 Å². The summed E-state index contributed by atoms with van der Waals surface area (Å²) in [5.74, 6) is -0.0997. The molecule has 3 aromatic rings. The van der Waals surface area contributed by atoms with Crippen LogP contribution in [0.3, 0.4) is 0 Å². The predicted molar refractivity (Wildman–Crippen MR) is 113 cm³/mol. The van der Waals surface area contributed by atoms with Gasteiger partial charge in [-0.2, -0.15) is 0 Å². The molecule has 4 rings (SSSR count). The number of nitrogens with one attached hydrogen (secondary N) is 1. The molecule has 1 saturated heterocycles. The van der Waals surface area contributed by atoms with Gasteiger partial charge in [-0.05, 0) is 44.9 Å². The number of nitrogen functional groups attached to an aromatic ring is 1. The Balaban J connectivity index is 1.49. The van der Waals surface area contributed by atoms with Crippen molar-refractivity contribution in [3.63, 3.8) is 0 Å². The number of alkyl halides is 1. The quantitative estimate of drug-likeness (QED) is 0.625. The summed E-state index contributed by atoms with van der Waals surface area (Å²) >= 11 is 0. The summed E-state index contributed by atoms with van der Waals surface area (Å²) in [4.78, 5) is 23.4. The van der Waals surface area contributed by atoms with Gasteiger partial charge in [0.15, 0.2) is 11.5 Å². The lowest BCUT2D eigenvalue weighted by Crippen LogP contribution is -2.33. The Morgan fingerprint density at radius 3 is 2.87 bits per heavy atom. The smallest absolute Gasteiger partial charge is 0.259 e. The van der Waals surface area contributed by atoms with E-state index in [9.17, 15) is 13.6 Å². The molecule has 31 heavy (non-hydrogen) atoms. The number of hydrogen-bond donors (Lipinski definition) is 2. The highest BCUT2D eigenvalue weighted by molar-refractivity contribution is 6.04. The zero-order chi connectivity index (χ0) is 22.1. The summed E-state index contributed by atoms with van der Waals surface area (Å²) in [6.07, 6.45) is 3.60. The van der Waals surface area contributed by atoms with Crippen molar-refractivity contribution in [1.29, 1.82) is 0 Å². The number of aryl methyl sites for hydroxylation is 1. The van der Waals surface area contributed by atoms with Crippen molar-refractivity contribution in [2.24, 2.45) is 0 Å². The van der Waals surface area contributed by atoms with E-state index in [0.717, 1.165) is 5.69 Å². The SMILES string of the molecule is CC(CCc1ccc(F)cn1)NC(=O)c1c(N)nn2ccc(N3CC(F)CC3C)nc12. The second-order valence-electron chi connectivity index (χ2n) is 8.03. The predicted octanol–water partition coefficient (Wildman–Crippen LogP) is 2.53. The summed E-state index contributed by atoms with van der Waals surface area (Å²) in [6, 6.07) is 4.57. The first-order chi connectivity index (χ1) is 14.8. The van der Waals surface area contributed by atoms with Crippen molar-refractivity contribution in [2.75, 3.05) is 17.2 Å². The Kier molecular flexibility index (Phi) is 5.71. The van der Waals surface area contributed by atoms with Gasteiger partial charge in [0.2, 0.25) is 0 Å². The number of aromatic nitrogens is 4. The normalized spacial score (nSPS) is 19.7. The van der Waals surface area contributed by atoms with Crippen molar-refractivity contribution >= 4 is 23.2 Å². The van der Waals surface area contributed by atoms with Crippen LogP contribution in [0.25, 0.3) is 5.65 Å². The molecule has 1 amide bonds. The van der Waals surface area contributed by atoms with Gasteiger partial charge in [-0.1, -0.05) is 0 Å². The van der Waals surface area contributed by atoms with Crippen molar-refractivity contribution in [1.82, 2.24) is 24.9 Å². The van der Waals surface area contributed by atoms with Crippen LogP contribution in [-0.4, -0.2) is 50.3 Å². The van der Waals surface area contributed by atoms with E-state index in [2.05, 4.69) is 20.4 Å². The van der Waals surface area contributed by atoms with Crippen molar-refractivity contribution in [3.05, 3.63) is 47.7 Å². The Morgan fingerprint density at radius 1 is 1.39 bits per heavy atom. The van der Waals surface area contributed by atoms with E-state index < -0.39 is 6.17 Å². The van der Waals surface area contributed by atoms with E-state index in [4.69, 9.17) is 5.73 Å². The number of fused-ring (bicyclic) bond motifs is 1. The number of carbonyl (C=O) groups excluding carboxylic acids is 1. The molecule has 3 aromatic heterocycles. The third kappa shape index (κ3) is 4.42. The maximum atomic E-state index is 13.8. The molecule has 8 nitrogen and oxygen atoms in total. The van der Waals surface area contributed by atoms with Gasteiger partial charge in [-0.3, -0.25) is 9.78 Å². The maximum Gasteiger partial charge on any atom is 0.259 e. The molecule has 0 radical (unpaired) electrons. The number of halogens is 2. The maximum absolute atomic E-state index is 13.8. The van der Waals surface area contributed by atoms with Gasteiger partial charge in [0.25, 0.3) is 5.91 Å². The van der Waals surface area contributed by atoms with Crippen LogP contribution in [0.1, 0.15) is 42.7 Å². The van der Waals surface area contributed by atoms with Crippen LogP contribution < -0.4 is 16.0 Å². The average molecular weight is 429 g/mol. The van der Waals surface area contributed by atoms with Gasteiger partial charge < -0.3 is 16.0 Å². The summed E-state index contributed by atoms with van der Waals surface area (Å²) in [7, 11) is 0. The molecule has 0 aliphatic carbocycles. The average Bonchev–Trinajstić information content (AvgIpc) is 3.24. The first kappa shape index (κ1) is 21.0. The number of carbonyl (C=O) groups is 1. The Morgan fingerprint density at radius 2 is 2.19 bits per heavy atom. The number of pyridine rings is 1. The minimum atomic E-state index is -0.901. The lowest BCUT2D eigenvalue weighted by Gasteiger charge is -2.22. The van der Waals surface area contributed by atoms with Crippen LogP contribution in [0.4, 0.5) is 20.4 Å². The molecule has 10 heteroatoms. The van der Waals surface area contributed by atoms with Gasteiger partial charge >= 0.3 is 0 Å². The molecule has 3 atom stereocenters. The molecule has 4 heterocycles. The van der Waals surface area contributed by atoms with E-state index in [0.29, 0.717) is 30.7 Å². The van der Waals surface area contributed by atoms with E-state index in [-0.39, 0.29) is 41.7 Å². The van der Waals surface area contributed by atoms with Crippen LogP contribution in [0.2, 0.25) is 0 Å². The van der Waals surface area contributed by atoms with Crippen LogP contribution in [0.5, 0.6) is 0 Å². The minimum Gasteiger partial charge on any atom is -0.381 e. The molecule has 0 saturated carbocycles. The number of nitrogens with zero attached hydrogens (tertiary/aromatic N) is 5. The topological polar surface area (TPSA) is 101 Å². The van der Waals surface area contributed by atoms with Crippen molar-refractivity contribution in [3.8, 4) is 0 Å². The second kappa shape index (κ2) is 8.44. The third-order valence-corrected chi connectivity index (χ3v) is 5.54. The van der Waals surface area contributed by atoms with Gasteiger partial charge in [-0.15, -0.1) is 5.10 Å². The summed E-state index contributed by atoms with van der Waals surface area (Å²) in [5, 5.41) is 7.09. The molecule has 1 aliphatic heterocycles. The van der Waals surface area contributed by atoms with E-state index >= 15 is 0 Å². The number of nitrogens with two attached hydrogens (primary N) is 1. The molecule has 0 aromatic carbocycles. The number of rotatable bonds is 6. The second-order valence-corrected chi connectivity index (χ2v) is 8.03. The minimum absolute atomic E-state index is 0.0163. The fraction of sp³-hybridized carbons (Fsp3) is 0.429.